The fraction of sp³-hybridized carbons (Fsp3) is 0.712. The van der Waals surface area contributed by atoms with Crippen molar-refractivity contribution in [2.24, 2.45) is 0 Å². The molecule has 3 rings (SSSR count). The maximum absolute atomic E-state index is 13.3. The molecule has 85 heavy (non-hydrogen) atoms. The molecular formula is C66H109NO18. The number of carbonyl (C=O) groups is 1. The lowest BCUT2D eigenvalue weighted by atomic mass is 9.96. The highest BCUT2D eigenvalue weighted by atomic mass is 16.8. The van der Waals surface area contributed by atoms with Crippen LogP contribution in [0.5, 0.6) is 0 Å². The largest absolute Gasteiger partial charge is 0.394 e. The minimum Gasteiger partial charge on any atom is -0.394 e. The van der Waals surface area contributed by atoms with E-state index in [1.165, 1.54) is 32.1 Å². The summed E-state index contributed by atoms with van der Waals surface area (Å²) >= 11 is 0. The van der Waals surface area contributed by atoms with E-state index in [-0.39, 0.29) is 18.9 Å². The lowest BCUT2D eigenvalue weighted by Crippen LogP contribution is -2.66. The second-order valence-corrected chi connectivity index (χ2v) is 22.1. The molecule has 0 radical (unpaired) electrons. The summed E-state index contributed by atoms with van der Waals surface area (Å²) in [5.74, 6) is -0.303. The zero-order chi connectivity index (χ0) is 61.9. The van der Waals surface area contributed by atoms with E-state index in [9.17, 15) is 61.0 Å². The predicted molar refractivity (Wildman–Crippen MR) is 327 cm³/mol. The number of allylic oxidation sites excluding steroid dienone is 17. The van der Waals surface area contributed by atoms with Crippen molar-refractivity contribution in [3.63, 3.8) is 0 Å². The lowest BCUT2D eigenvalue weighted by molar-refractivity contribution is -0.379. The zero-order valence-corrected chi connectivity index (χ0v) is 50.8. The van der Waals surface area contributed by atoms with E-state index in [4.69, 9.17) is 28.4 Å². The van der Waals surface area contributed by atoms with Crippen LogP contribution in [0.25, 0.3) is 0 Å². The molecule has 3 fully saturated rings. The van der Waals surface area contributed by atoms with Crippen molar-refractivity contribution >= 4 is 5.91 Å². The molecule has 17 atom stereocenters. The molecule has 0 aromatic carbocycles. The molecule has 1 amide bonds. The monoisotopic (exact) mass is 1200 g/mol. The maximum atomic E-state index is 13.3. The van der Waals surface area contributed by atoms with Gasteiger partial charge in [0.25, 0.3) is 0 Å². The summed E-state index contributed by atoms with van der Waals surface area (Å²) < 4.78 is 34.2. The highest BCUT2D eigenvalue weighted by molar-refractivity contribution is 5.76. The van der Waals surface area contributed by atoms with E-state index in [1.807, 2.05) is 6.08 Å². The fourth-order valence-corrected chi connectivity index (χ4v) is 9.88. The van der Waals surface area contributed by atoms with E-state index >= 15 is 0 Å². The Bertz CT molecular complexity index is 1970. The van der Waals surface area contributed by atoms with Gasteiger partial charge in [0, 0.05) is 6.42 Å². The molecule has 486 valence electrons. The van der Waals surface area contributed by atoms with Gasteiger partial charge in [-0.3, -0.25) is 4.79 Å². The molecule has 17 unspecified atom stereocenters. The smallest absolute Gasteiger partial charge is 0.220 e. The summed E-state index contributed by atoms with van der Waals surface area (Å²) in [6.45, 7) is 1.47. The Hall–Kier alpha value is -3.55. The normalized spacial score (nSPS) is 29.7. The third-order valence-corrected chi connectivity index (χ3v) is 15.0. The number of unbranched alkanes of at least 4 members (excludes halogenated alkanes) is 13. The predicted octanol–water partition coefficient (Wildman–Crippen LogP) is 6.71. The van der Waals surface area contributed by atoms with Crippen LogP contribution in [0.2, 0.25) is 0 Å². The average molecular weight is 1200 g/mol. The average Bonchev–Trinajstić information content (AvgIpc) is 3.05. The first-order valence-corrected chi connectivity index (χ1v) is 31.6. The van der Waals surface area contributed by atoms with Crippen LogP contribution in [-0.4, -0.2) is 193 Å². The van der Waals surface area contributed by atoms with Crippen molar-refractivity contribution in [1.82, 2.24) is 5.32 Å². The van der Waals surface area contributed by atoms with Crippen molar-refractivity contribution < 1.29 is 89.4 Å². The van der Waals surface area contributed by atoms with E-state index in [0.717, 1.165) is 103 Å². The Kier molecular flexibility index (Phi) is 42.3. The first-order chi connectivity index (χ1) is 41.3. The molecule has 3 heterocycles. The zero-order valence-electron chi connectivity index (χ0n) is 50.8. The molecule has 0 saturated carbocycles. The SMILES string of the molecule is CC/C=C\C/C=C\C/C=C\C/C=C\C/C=C\C/C=C\CCCCCCCCCCCCC(=O)NC(COC1OC(CO)C(OC2OC(CO)C(OC3OC(CO)C(O)C(O)C3O)C(O)C2O)C(O)C1O)C(O)/C=C/CC/C=C/CC/C=C/CCC. The van der Waals surface area contributed by atoms with Crippen LogP contribution in [0, 0.1) is 0 Å². The van der Waals surface area contributed by atoms with Gasteiger partial charge in [0.15, 0.2) is 18.9 Å². The minimum absolute atomic E-state index is 0.219. The van der Waals surface area contributed by atoms with Crippen LogP contribution in [-0.2, 0) is 33.2 Å². The number of hydrogen-bond donors (Lipinski definition) is 12. The van der Waals surface area contributed by atoms with Crippen molar-refractivity contribution in [3.05, 3.63) is 109 Å². The van der Waals surface area contributed by atoms with Gasteiger partial charge < -0.3 is 89.9 Å². The summed E-state index contributed by atoms with van der Waals surface area (Å²) in [5.41, 5.74) is 0. The van der Waals surface area contributed by atoms with E-state index in [0.29, 0.717) is 12.8 Å². The molecule has 0 aromatic heterocycles. The molecule has 19 nitrogen and oxygen atoms in total. The summed E-state index contributed by atoms with van der Waals surface area (Å²) in [7, 11) is 0. The molecule has 3 aliphatic heterocycles. The highest BCUT2D eigenvalue weighted by Gasteiger charge is 2.53. The first kappa shape index (κ1) is 75.7. The second-order valence-electron chi connectivity index (χ2n) is 22.1. The molecular weight excluding hydrogens is 1090 g/mol. The van der Waals surface area contributed by atoms with Gasteiger partial charge in [0.05, 0.1) is 38.6 Å². The van der Waals surface area contributed by atoms with E-state index < -0.39 is 124 Å². The Balaban J connectivity index is 1.42. The minimum atomic E-state index is -1.99. The summed E-state index contributed by atoms with van der Waals surface area (Å²) in [6, 6.07) is -1.00. The first-order valence-electron chi connectivity index (χ1n) is 31.6. The summed E-state index contributed by atoms with van der Waals surface area (Å²) in [4.78, 5) is 13.3. The second kappa shape index (κ2) is 47.5. The van der Waals surface area contributed by atoms with Gasteiger partial charge in [0.2, 0.25) is 5.91 Å². The third-order valence-electron chi connectivity index (χ3n) is 15.0. The molecule has 0 aliphatic carbocycles. The van der Waals surface area contributed by atoms with Crippen molar-refractivity contribution in [2.75, 3.05) is 26.4 Å². The van der Waals surface area contributed by atoms with E-state index in [2.05, 4.69) is 116 Å². The van der Waals surface area contributed by atoms with Gasteiger partial charge in [0.1, 0.15) is 73.2 Å². The van der Waals surface area contributed by atoms with Crippen molar-refractivity contribution in [2.45, 2.75) is 272 Å². The fourth-order valence-electron chi connectivity index (χ4n) is 9.88. The lowest BCUT2D eigenvalue weighted by Gasteiger charge is -2.48. The number of aliphatic hydroxyl groups excluding tert-OH is 11. The van der Waals surface area contributed by atoms with Gasteiger partial charge in [-0.15, -0.1) is 0 Å². The molecule has 3 aliphatic rings. The number of ether oxygens (including phenoxy) is 6. The number of aliphatic hydroxyl groups is 11. The van der Waals surface area contributed by atoms with Crippen LogP contribution >= 0.6 is 0 Å². The van der Waals surface area contributed by atoms with Gasteiger partial charge in [-0.2, -0.15) is 0 Å². The van der Waals surface area contributed by atoms with E-state index in [1.54, 1.807) is 6.08 Å². The van der Waals surface area contributed by atoms with Crippen molar-refractivity contribution in [3.8, 4) is 0 Å². The number of hydrogen-bond acceptors (Lipinski definition) is 18. The maximum Gasteiger partial charge on any atom is 0.220 e. The Morgan fingerprint density at radius 2 is 0.824 bits per heavy atom. The molecule has 3 saturated heterocycles. The topological polar surface area (TPSA) is 307 Å². The number of nitrogens with one attached hydrogen (secondary N) is 1. The van der Waals surface area contributed by atoms with Crippen LogP contribution in [0.4, 0.5) is 0 Å². The van der Waals surface area contributed by atoms with Gasteiger partial charge in [-0.05, 0) is 89.9 Å². The highest BCUT2D eigenvalue weighted by Crippen LogP contribution is 2.33. The Labute approximate surface area is 506 Å². The van der Waals surface area contributed by atoms with Crippen molar-refractivity contribution in [1.29, 1.82) is 0 Å². The number of amides is 1. The molecule has 0 aromatic rings. The van der Waals surface area contributed by atoms with Crippen LogP contribution in [0.3, 0.4) is 0 Å². The molecule has 0 bridgehead atoms. The quantitative estimate of drug-likeness (QED) is 0.0223. The molecule has 0 spiro atoms. The standard InChI is InChI=1S/C66H109NO18/c1-3-5-7-9-11-13-15-16-17-18-19-20-21-22-23-24-25-26-27-28-29-30-31-32-34-36-38-40-42-44-54(72)67-49(50(71)43-41-39-37-35-33-14-12-10-8-6-4-2)48-80-64-60(78)57(75)62(52(46-69)82-64)85-66-61(79)58(76)63(53(47-70)83-66)84-65-59(77)56(74)55(73)51(45-68)81-65/h5,7-8,10-11,13,16-17,19-20,22-23,25-26,33,35,41,43,49-53,55-66,68-71,73-79H,3-4,6,9,12,14-15,18,21,24,27-32,34,36-40,42,44-48H2,1-2H3,(H,67,72)/b7-5-,10-8+,13-11-,17-16-,20-19-,23-22-,26-25-,35-33+,43-41+. The Morgan fingerprint density at radius 3 is 1.31 bits per heavy atom. The molecule has 19 heteroatoms. The molecule has 12 N–H and O–H groups in total. The van der Waals surface area contributed by atoms with Crippen LogP contribution < -0.4 is 5.32 Å². The van der Waals surface area contributed by atoms with Crippen LogP contribution in [0.1, 0.15) is 168 Å². The van der Waals surface area contributed by atoms with Gasteiger partial charge in [-0.25, -0.2) is 0 Å². The van der Waals surface area contributed by atoms with Gasteiger partial charge in [-0.1, -0.05) is 181 Å². The number of carbonyl (C=O) groups excluding carboxylic acids is 1. The third kappa shape index (κ3) is 30.5. The van der Waals surface area contributed by atoms with Crippen LogP contribution in [0.15, 0.2) is 109 Å². The summed E-state index contributed by atoms with van der Waals surface area (Å²) in [6.07, 6.45) is 35.1. The summed E-state index contributed by atoms with van der Waals surface area (Å²) in [5, 5.41) is 120. The number of rotatable bonds is 45. The Morgan fingerprint density at radius 1 is 0.435 bits per heavy atom. The van der Waals surface area contributed by atoms with Gasteiger partial charge >= 0.3 is 0 Å².